The highest BCUT2D eigenvalue weighted by molar-refractivity contribution is 14.0. The second-order valence-corrected chi connectivity index (χ2v) is 7.91. The van der Waals surface area contributed by atoms with Crippen LogP contribution in [0.25, 0.3) is 0 Å². The standard InChI is InChI=1S/C24H32N6O2.HI/c1-16(12-22-17(2)29-30(5)18(22)3)28-24(25-4)27-14-19-8-6-9-20(13-19)23(31)26-15-21-10-7-11-32-21;/h6-11,13,16H,12,14-15H2,1-5H3,(H,26,31)(H2,25,27,28);1H. The Balaban J connectivity index is 0.00000385. The van der Waals surface area contributed by atoms with Gasteiger partial charge in [-0.25, -0.2) is 0 Å². The molecule has 2 heterocycles. The molecule has 1 amide bonds. The highest BCUT2D eigenvalue weighted by Gasteiger charge is 2.14. The molecule has 2 aromatic heterocycles. The average molecular weight is 564 g/mol. The van der Waals surface area contributed by atoms with Gasteiger partial charge in [0, 0.05) is 37.9 Å². The third-order valence-electron chi connectivity index (χ3n) is 5.43. The maximum atomic E-state index is 12.4. The maximum absolute atomic E-state index is 12.4. The summed E-state index contributed by atoms with van der Waals surface area (Å²) in [6.07, 6.45) is 2.45. The van der Waals surface area contributed by atoms with E-state index in [4.69, 9.17) is 4.42 Å². The van der Waals surface area contributed by atoms with Crippen molar-refractivity contribution in [3.8, 4) is 0 Å². The van der Waals surface area contributed by atoms with Crippen LogP contribution in [0.1, 0.15) is 45.6 Å². The van der Waals surface area contributed by atoms with E-state index in [9.17, 15) is 4.79 Å². The van der Waals surface area contributed by atoms with Crippen molar-refractivity contribution in [2.75, 3.05) is 7.05 Å². The number of nitrogens with one attached hydrogen (secondary N) is 3. The van der Waals surface area contributed by atoms with E-state index in [1.165, 1.54) is 11.3 Å². The largest absolute Gasteiger partial charge is 0.467 e. The van der Waals surface area contributed by atoms with Gasteiger partial charge < -0.3 is 20.4 Å². The van der Waals surface area contributed by atoms with Crippen LogP contribution in [0.2, 0.25) is 0 Å². The molecule has 33 heavy (non-hydrogen) atoms. The number of guanidine groups is 1. The van der Waals surface area contributed by atoms with E-state index in [-0.39, 0.29) is 35.9 Å². The van der Waals surface area contributed by atoms with E-state index in [0.29, 0.717) is 24.6 Å². The quantitative estimate of drug-likeness (QED) is 0.221. The maximum Gasteiger partial charge on any atom is 0.251 e. The molecule has 1 aromatic carbocycles. The lowest BCUT2D eigenvalue weighted by molar-refractivity contribution is 0.0948. The molecule has 1 unspecified atom stereocenters. The Hall–Kier alpha value is -2.82. The van der Waals surface area contributed by atoms with Crippen molar-refractivity contribution in [3.05, 3.63) is 76.5 Å². The number of rotatable bonds is 8. The predicted molar refractivity (Wildman–Crippen MR) is 141 cm³/mol. The molecular weight excluding hydrogens is 531 g/mol. The molecule has 8 nitrogen and oxygen atoms in total. The Morgan fingerprint density at radius 1 is 1.18 bits per heavy atom. The molecule has 0 spiro atoms. The molecule has 0 aliphatic rings. The lowest BCUT2D eigenvalue weighted by Crippen LogP contribution is -2.42. The summed E-state index contributed by atoms with van der Waals surface area (Å²) in [6, 6.07) is 11.4. The third kappa shape index (κ3) is 7.34. The lowest BCUT2D eigenvalue weighted by atomic mass is 10.1. The van der Waals surface area contributed by atoms with E-state index >= 15 is 0 Å². The molecule has 3 rings (SSSR count). The van der Waals surface area contributed by atoms with E-state index in [2.05, 4.69) is 39.9 Å². The van der Waals surface area contributed by atoms with E-state index in [1.54, 1.807) is 25.4 Å². The smallest absolute Gasteiger partial charge is 0.251 e. The van der Waals surface area contributed by atoms with Crippen molar-refractivity contribution in [1.29, 1.82) is 0 Å². The monoisotopic (exact) mass is 564 g/mol. The van der Waals surface area contributed by atoms with Crippen LogP contribution in [0.4, 0.5) is 0 Å². The molecule has 0 bridgehead atoms. The second-order valence-electron chi connectivity index (χ2n) is 7.91. The summed E-state index contributed by atoms with van der Waals surface area (Å²) < 4.78 is 7.17. The van der Waals surface area contributed by atoms with Crippen LogP contribution in [-0.4, -0.2) is 34.7 Å². The van der Waals surface area contributed by atoms with E-state index in [1.807, 2.05) is 42.9 Å². The lowest BCUT2D eigenvalue weighted by Gasteiger charge is -2.18. The average Bonchev–Trinajstić information content (AvgIpc) is 3.39. The highest BCUT2D eigenvalue weighted by Crippen LogP contribution is 2.14. The number of nitrogens with zero attached hydrogens (tertiary/aromatic N) is 3. The second kappa shape index (κ2) is 12.4. The van der Waals surface area contributed by atoms with Gasteiger partial charge in [0.1, 0.15) is 5.76 Å². The summed E-state index contributed by atoms with van der Waals surface area (Å²) in [5.74, 6) is 1.29. The van der Waals surface area contributed by atoms with Gasteiger partial charge in [0.15, 0.2) is 5.96 Å². The van der Waals surface area contributed by atoms with Crippen molar-refractivity contribution in [2.45, 2.75) is 46.3 Å². The Morgan fingerprint density at radius 3 is 2.61 bits per heavy atom. The minimum Gasteiger partial charge on any atom is -0.467 e. The summed E-state index contributed by atoms with van der Waals surface area (Å²) in [5.41, 5.74) is 5.10. The van der Waals surface area contributed by atoms with E-state index < -0.39 is 0 Å². The highest BCUT2D eigenvalue weighted by atomic mass is 127. The Morgan fingerprint density at radius 2 is 1.97 bits per heavy atom. The van der Waals surface area contributed by atoms with Gasteiger partial charge >= 0.3 is 0 Å². The first-order chi connectivity index (χ1) is 15.4. The molecule has 0 saturated heterocycles. The van der Waals surface area contributed by atoms with Gasteiger partial charge in [-0.15, -0.1) is 24.0 Å². The summed E-state index contributed by atoms with van der Waals surface area (Å²) in [6.45, 7) is 7.17. The van der Waals surface area contributed by atoms with Crippen molar-refractivity contribution in [3.63, 3.8) is 0 Å². The number of carbonyl (C=O) groups excluding carboxylic acids is 1. The van der Waals surface area contributed by atoms with Gasteiger partial charge in [0.25, 0.3) is 5.91 Å². The molecule has 3 aromatic rings. The first-order valence-electron chi connectivity index (χ1n) is 10.7. The van der Waals surface area contributed by atoms with Gasteiger partial charge in [0.05, 0.1) is 18.5 Å². The summed E-state index contributed by atoms with van der Waals surface area (Å²) in [7, 11) is 3.72. The molecule has 0 aliphatic carbocycles. The number of aromatic nitrogens is 2. The first kappa shape index (κ1) is 26.4. The minimum absolute atomic E-state index is 0. The van der Waals surface area contributed by atoms with Gasteiger partial charge in [0.2, 0.25) is 0 Å². The molecule has 0 saturated carbocycles. The topological polar surface area (TPSA) is 96.5 Å². The molecule has 9 heteroatoms. The van der Waals surface area contributed by atoms with Gasteiger partial charge in [-0.2, -0.15) is 5.10 Å². The van der Waals surface area contributed by atoms with Gasteiger partial charge in [-0.1, -0.05) is 12.1 Å². The minimum atomic E-state index is -0.137. The number of halogens is 1. The van der Waals surface area contributed by atoms with Crippen LogP contribution in [0.3, 0.4) is 0 Å². The Bertz CT molecular complexity index is 1070. The summed E-state index contributed by atoms with van der Waals surface area (Å²) in [4.78, 5) is 16.8. The molecule has 178 valence electrons. The predicted octanol–water partition coefficient (Wildman–Crippen LogP) is 3.47. The van der Waals surface area contributed by atoms with Crippen LogP contribution < -0.4 is 16.0 Å². The van der Waals surface area contributed by atoms with Gasteiger partial charge in [-0.3, -0.25) is 14.5 Å². The normalized spacial score (nSPS) is 12.1. The number of furan rings is 1. The molecule has 0 fully saturated rings. The van der Waals surface area contributed by atoms with Crippen LogP contribution in [-0.2, 0) is 26.6 Å². The molecule has 3 N–H and O–H groups in total. The zero-order valence-electron chi connectivity index (χ0n) is 19.8. The number of amides is 1. The Kier molecular flexibility index (Phi) is 9.95. The molecule has 1 atom stereocenters. The fraction of sp³-hybridized carbons (Fsp3) is 0.375. The molecule has 0 radical (unpaired) electrons. The molecule has 0 aliphatic heterocycles. The van der Waals surface area contributed by atoms with Crippen LogP contribution in [0.5, 0.6) is 0 Å². The summed E-state index contributed by atoms with van der Waals surface area (Å²) in [5, 5.41) is 14.1. The van der Waals surface area contributed by atoms with Crippen molar-refractivity contribution < 1.29 is 9.21 Å². The van der Waals surface area contributed by atoms with Crippen molar-refractivity contribution >= 4 is 35.8 Å². The number of aliphatic imine (C=N–C) groups is 1. The summed E-state index contributed by atoms with van der Waals surface area (Å²) >= 11 is 0. The van der Waals surface area contributed by atoms with Crippen LogP contribution in [0.15, 0.2) is 52.1 Å². The van der Waals surface area contributed by atoms with Crippen LogP contribution >= 0.6 is 24.0 Å². The number of hydrogen-bond acceptors (Lipinski definition) is 4. The number of benzene rings is 1. The zero-order valence-corrected chi connectivity index (χ0v) is 22.1. The number of carbonyl (C=O) groups is 1. The Labute approximate surface area is 212 Å². The van der Waals surface area contributed by atoms with Crippen LogP contribution in [0, 0.1) is 13.8 Å². The zero-order chi connectivity index (χ0) is 23.1. The fourth-order valence-electron chi connectivity index (χ4n) is 3.59. The first-order valence-corrected chi connectivity index (χ1v) is 10.7. The van der Waals surface area contributed by atoms with E-state index in [0.717, 1.165) is 23.4 Å². The van der Waals surface area contributed by atoms with Gasteiger partial charge in [-0.05, 0) is 62.6 Å². The van der Waals surface area contributed by atoms with Crippen molar-refractivity contribution in [2.24, 2.45) is 12.0 Å². The number of hydrogen-bond donors (Lipinski definition) is 3. The SMILES string of the molecule is CN=C(NCc1cccc(C(=O)NCc2ccco2)c1)NC(C)Cc1c(C)nn(C)c1C.I. The third-order valence-corrected chi connectivity index (χ3v) is 5.43. The fourth-order valence-corrected chi connectivity index (χ4v) is 3.59. The number of aryl methyl sites for hydroxylation is 2. The van der Waals surface area contributed by atoms with Crippen molar-refractivity contribution in [1.82, 2.24) is 25.7 Å². The molecular formula is C24H33IN6O2.